The summed E-state index contributed by atoms with van der Waals surface area (Å²) in [5.74, 6) is 0. The molecule has 0 unspecified atom stereocenters. The van der Waals surface area contributed by atoms with E-state index in [1.54, 1.807) is 0 Å². The Morgan fingerprint density at radius 1 is 0.236 bits per heavy atom. The van der Waals surface area contributed by atoms with E-state index < -0.39 is 0 Å². The highest BCUT2D eigenvalue weighted by Crippen LogP contribution is 2.49. The fourth-order valence-electron chi connectivity index (χ4n) is 10.8. The molecule has 0 bridgehead atoms. The third kappa shape index (κ3) is 7.31. The summed E-state index contributed by atoms with van der Waals surface area (Å²) in [6.45, 7) is 0. The molecule has 2 aromatic heterocycles. The van der Waals surface area contributed by atoms with Crippen LogP contribution in [0.25, 0.3) is 95.3 Å². The number of nitrogens with zero attached hydrogens (tertiary/aromatic N) is 2. The van der Waals surface area contributed by atoms with Crippen LogP contribution in [0.4, 0.5) is 34.1 Å². The van der Waals surface area contributed by atoms with Crippen LogP contribution in [0.15, 0.2) is 267 Å². The van der Waals surface area contributed by atoms with E-state index in [4.69, 9.17) is 0 Å². The summed E-state index contributed by atoms with van der Waals surface area (Å²) >= 11 is 3.73. The molecule has 0 fully saturated rings. The highest BCUT2D eigenvalue weighted by Gasteiger charge is 2.24. The van der Waals surface area contributed by atoms with Crippen molar-refractivity contribution >= 4 is 119 Å². The van der Waals surface area contributed by atoms with Crippen molar-refractivity contribution in [1.29, 1.82) is 0 Å². The Labute approximate surface area is 426 Å². The largest absolute Gasteiger partial charge is 0.310 e. The van der Waals surface area contributed by atoms with Crippen molar-refractivity contribution < 1.29 is 0 Å². The molecule has 0 spiro atoms. The van der Waals surface area contributed by atoms with Gasteiger partial charge >= 0.3 is 0 Å². The summed E-state index contributed by atoms with van der Waals surface area (Å²) in [5.41, 5.74) is 13.5. The summed E-state index contributed by atoms with van der Waals surface area (Å²) in [6, 6.07) is 98.1. The molecule has 0 amide bonds. The van der Waals surface area contributed by atoms with Gasteiger partial charge in [0.1, 0.15) is 0 Å². The van der Waals surface area contributed by atoms with Gasteiger partial charge in [-0.3, -0.25) is 0 Å². The first-order valence-corrected chi connectivity index (χ1v) is 26.1. The lowest BCUT2D eigenvalue weighted by Gasteiger charge is -2.31. The van der Waals surface area contributed by atoms with Gasteiger partial charge in [0.25, 0.3) is 0 Å². The second kappa shape index (κ2) is 17.6. The highest BCUT2D eigenvalue weighted by atomic mass is 32.1. The number of rotatable bonds is 9. The molecule has 2 nitrogen and oxygen atoms in total. The molecule has 0 saturated carbocycles. The first kappa shape index (κ1) is 42.1. The Hall–Kier alpha value is -8.80. The molecule has 0 aliphatic heterocycles. The van der Waals surface area contributed by atoms with Gasteiger partial charge in [0.15, 0.2) is 0 Å². The predicted molar refractivity (Wildman–Crippen MR) is 313 cm³/mol. The van der Waals surface area contributed by atoms with E-state index in [1.165, 1.54) is 84.1 Å². The van der Waals surface area contributed by atoms with Gasteiger partial charge < -0.3 is 9.80 Å². The second-order valence-electron chi connectivity index (χ2n) is 18.5. The third-order valence-corrected chi connectivity index (χ3v) is 16.5. The molecule has 0 atom stereocenters. The first-order chi connectivity index (χ1) is 35.7. The summed E-state index contributed by atoms with van der Waals surface area (Å²) in [5, 5.41) is 10.2. The van der Waals surface area contributed by atoms with Gasteiger partial charge in [-0.1, -0.05) is 188 Å². The zero-order valence-electron chi connectivity index (χ0n) is 39.1. The zero-order valence-corrected chi connectivity index (χ0v) is 40.7. The summed E-state index contributed by atoms with van der Waals surface area (Å²) in [4.78, 5) is 4.92. The molecule has 72 heavy (non-hydrogen) atoms. The van der Waals surface area contributed by atoms with Crippen molar-refractivity contribution in [2.24, 2.45) is 0 Å². The van der Waals surface area contributed by atoms with E-state index in [-0.39, 0.29) is 0 Å². The molecule has 12 aromatic carbocycles. The minimum Gasteiger partial charge on any atom is -0.310 e. The van der Waals surface area contributed by atoms with Crippen LogP contribution in [-0.4, -0.2) is 0 Å². The maximum Gasteiger partial charge on any atom is 0.0540 e. The Bertz CT molecular complexity index is 4360. The van der Waals surface area contributed by atoms with E-state index in [2.05, 4.69) is 277 Å². The van der Waals surface area contributed by atoms with Gasteiger partial charge in [-0.15, -0.1) is 22.7 Å². The Balaban J connectivity index is 0.962. The fraction of sp³-hybridized carbons (Fsp3) is 0. The molecule has 0 N–H and O–H groups in total. The van der Waals surface area contributed by atoms with Crippen LogP contribution < -0.4 is 9.80 Å². The van der Waals surface area contributed by atoms with Crippen molar-refractivity contribution in [3.05, 3.63) is 267 Å². The van der Waals surface area contributed by atoms with Gasteiger partial charge in [0, 0.05) is 74.2 Å². The number of hydrogen-bond acceptors (Lipinski definition) is 4. The minimum atomic E-state index is 1.08. The van der Waals surface area contributed by atoms with Crippen molar-refractivity contribution in [1.82, 2.24) is 0 Å². The third-order valence-electron chi connectivity index (χ3n) is 14.2. The lowest BCUT2D eigenvalue weighted by molar-refractivity contribution is 1.27. The highest BCUT2D eigenvalue weighted by molar-refractivity contribution is 7.26. The molecule has 0 aliphatic carbocycles. The topological polar surface area (TPSA) is 6.48 Å². The standard InChI is InChI=1S/C68H44N2S2/c1-2-15-45(16-3-1)50-20-14-21-53(42-50)70(55-36-38-60-59-25-10-13-28-64(59)71-66(60)43-55)63-27-12-9-24-58(63)57-23-8-11-26-62(57)69(52-34-31-47(32-35-52)51-30-29-46-17-4-5-19-49(46)41-51)54-37-39-61-67(44-54)72-65-40-33-48-18-6-7-22-56(48)68(61)65/h1-44H. The number of para-hydroxylation sites is 2. The van der Waals surface area contributed by atoms with Gasteiger partial charge in [0.2, 0.25) is 0 Å². The van der Waals surface area contributed by atoms with E-state index in [9.17, 15) is 0 Å². The summed E-state index contributed by atoms with van der Waals surface area (Å²) in [7, 11) is 0. The van der Waals surface area contributed by atoms with E-state index in [1.807, 2.05) is 22.7 Å². The molecule has 338 valence electrons. The first-order valence-electron chi connectivity index (χ1n) is 24.5. The molecule has 14 aromatic rings. The van der Waals surface area contributed by atoms with Gasteiger partial charge in [-0.25, -0.2) is 0 Å². The number of anilines is 6. The quantitative estimate of drug-likeness (QED) is 0.142. The van der Waals surface area contributed by atoms with Crippen LogP contribution >= 0.6 is 22.7 Å². The number of benzene rings is 12. The zero-order chi connectivity index (χ0) is 47.5. The maximum atomic E-state index is 2.46. The van der Waals surface area contributed by atoms with E-state index in [0.717, 1.165) is 45.3 Å². The molecule has 0 radical (unpaired) electrons. The van der Waals surface area contributed by atoms with Crippen LogP contribution in [0.1, 0.15) is 0 Å². The van der Waals surface area contributed by atoms with Crippen LogP contribution in [0.5, 0.6) is 0 Å². The number of hydrogen-bond donors (Lipinski definition) is 0. The molecule has 0 aliphatic rings. The average Bonchev–Trinajstić information content (AvgIpc) is 4.02. The molecule has 2 heterocycles. The van der Waals surface area contributed by atoms with Crippen molar-refractivity contribution in [2.75, 3.05) is 9.80 Å². The summed E-state index contributed by atoms with van der Waals surface area (Å²) < 4.78 is 5.12. The fourth-order valence-corrected chi connectivity index (χ4v) is 13.1. The number of thiophene rings is 2. The number of fused-ring (bicyclic) bond motifs is 9. The Kier molecular flexibility index (Phi) is 10.3. The van der Waals surface area contributed by atoms with E-state index >= 15 is 0 Å². The van der Waals surface area contributed by atoms with Crippen LogP contribution in [0.3, 0.4) is 0 Å². The maximum absolute atomic E-state index is 2.46. The normalized spacial score (nSPS) is 11.6. The average molecular weight is 953 g/mol. The van der Waals surface area contributed by atoms with Gasteiger partial charge in [0.05, 0.1) is 11.4 Å². The van der Waals surface area contributed by atoms with Gasteiger partial charge in [-0.05, 0) is 123 Å². The summed E-state index contributed by atoms with van der Waals surface area (Å²) in [6.07, 6.45) is 0. The molecular weight excluding hydrogens is 909 g/mol. The van der Waals surface area contributed by atoms with E-state index in [0.29, 0.717) is 0 Å². The molecular formula is C68H44N2S2. The van der Waals surface area contributed by atoms with Crippen molar-refractivity contribution in [3.63, 3.8) is 0 Å². The molecule has 0 saturated heterocycles. The Morgan fingerprint density at radius 2 is 0.736 bits per heavy atom. The Morgan fingerprint density at radius 3 is 1.51 bits per heavy atom. The molecule has 4 heteroatoms. The monoisotopic (exact) mass is 952 g/mol. The smallest absolute Gasteiger partial charge is 0.0540 e. The van der Waals surface area contributed by atoms with Crippen molar-refractivity contribution in [2.45, 2.75) is 0 Å². The lowest BCUT2D eigenvalue weighted by atomic mass is 9.97. The molecule has 14 rings (SSSR count). The lowest BCUT2D eigenvalue weighted by Crippen LogP contribution is -2.13. The van der Waals surface area contributed by atoms with Crippen molar-refractivity contribution in [3.8, 4) is 33.4 Å². The second-order valence-corrected chi connectivity index (χ2v) is 20.6. The van der Waals surface area contributed by atoms with Crippen LogP contribution in [-0.2, 0) is 0 Å². The van der Waals surface area contributed by atoms with Crippen LogP contribution in [0.2, 0.25) is 0 Å². The predicted octanol–water partition coefficient (Wildman–Crippen LogP) is 20.7. The van der Waals surface area contributed by atoms with Crippen LogP contribution in [0, 0.1) is 0 Å². The van der Waals surface area contributed by atoms with Gasteiger partial charge in [-0.2, -0.15) is 0 Å². The minimum absolute atomic E-state index is 1.08. The SMILES string of the molecule is c1ccc(-c2cccc(N(c3ccc4c(c3)sc3ccccc34)c3ccccc3-c3ccccc3N(c3ccc(-c4ccc5ccccc5c4)cc3)c3ccc4c(c3)sc3ccc5ccccc5c34)c2)cc1.